The lowest BCUT2D eigenvalue weighted by Gasteiger charge is -2.19. The van der Waals surface area contributed by atoms with Crippen molar-refractivity contribution in [3.05, 3.63) is 125 Å². The van der Waals surface area contributed by atoms with Crippen LogP contribution in [0.4, 0.5) is 0 Å². The highest BCUT2D eigenvalue weighted by Crippen LogP contribution is 2.45. The molecular weight excluding hydrogens is 669 g/mol. The fourth-order valence-electron chi connectivity index (χ4n) is 7.13. The highest BCUT2D eigenvalue weighted by atomic mass is 32.1. The van der Waals surface area contributed by atoms with Crippen molar-refractivity contribution in [2.75, 3.05) is 0 Å². The molecule has 6 rings (SSSR count). The van der Waals surface area contributed by atoms with E-state index < -0.39 is 5.90 Å². The number of aryl methyl sites for hydroxylation is 3. The van der Waals surface area contributed by atoms with E-state index in [4.69, 9.17) is 14.2 Å². The first-order valence-corrected chi connectivity index (χ1v) is 19.7. The SMILES string of the molecule is CCCCCCc1ccc(-c2cc(C)cc(-c3ccc(CCCCCC)cc3)c2-c2ccc(-c3ccc(/C=C(\C#N)C(=N)O)cc3)c3nsnc23)cc1. The van der Waals surface area contributed by atoms with Crippen molar-refractivity contribution in [2.24, 2.45) is 0 Å². The van der Waals surface area contributed by atoms with E-state index in [0.717, 1.165) is 51.7 Å². The Hall–Kier alpha value is -5.38. The number of rotatable bonds is 16. The van der Waals surface area contributed by atoms with Gasteiger partial charge in [-0.15, -0.1) is 0 Å². The number of aliphatic hydroxyl groups is 1. The van der Waals surface area contributed by atoms with Gasteiger partial charge in [0.1, 0.15) is 22.7 Å². The van der Waals surface area contributed by atoms with Gasteiger partial charge in [0.15, 0.2) is 0 Å². The highest BCUT2D eigenvalue weighted by Gasteiger charge is 2.21. The summed E-state index contributed by atoms with van der Waals surface area (Å²) in [5, 5.41) is 26.2. The van der Waals surface area contributed by atoms with E-state index in [0.29, 0.717) is 0 Å². The van der Waals surface area contributed by atoms with E-state index in [2.05, 4.69) is 93.6 Å². The topological polar surface area (TPSA) is 93.7 Å². The first-order valence-electron chi connectivity index (χ1n) is 19.0. The molecule has 0 saturated heterocycles. The third-order valence-corrected chi connectivity index (χ3v) is 10.6. The lowest BCUT2D eigenvalue weighted by molar-refractivity contribution is 0.550. The van der Waals surface area contributed by atoms with Crippen LogP contribution in [-0.2, 0) is 12.8 Å². The van der Waals surface area contributed by atoms with Gasteiger partial charge < -0.3 is 5.11 Å². The standard InChI is InChI=1S/C47H48N4OS/c1-4-6-8-10-12-33-14-20-37(21-15-33)42-28-32(3)29-43(38-22-16-34(17-23-38)13-11-9-7-5-2)44(42)41-27-26-40(45-46(41)51-53-50-45)36-24-18-35(19-25-36)30-39(31-48)47(49)52/h14-30H,4-13H2,1-3H3,(H2,49,52)/b39-30+. The van der Waals surface area contributed by atoms with E-state index in [1.54, 1.807) is 0 Å². The molecule has 0 spiro atoms. The van der Waals surface area contributed by atoms with Crippen molar-refractivity contribution in [2.45, 2.75) is 85.0 Å². The number of nitrogens with one attached hydrogen (secondary N) is 1. The number of hydrogen-bond donors (Lipinski definition) is 2. The summed E-state index contributed by atoms with van der Waals surface area (Å²) >= 11 is 1.22. The Kier molecular flexibility index (Phi) is 12.6. The molecule has 5 nitrogen and oxygen atoms in total. The molecule has 53 heavy (non-hydrogen) atoms. The first-order chi connectivity index (χ1) is 25.9. The molecule has 2 N–H and O–H groups in total. The number of hydrogen-bond acceptors (Lipinski definition) is 5. The number of nitrogens with zero attached hydrogens (tertiary/aromatic N) is 3. The molecule has 268 valence electrons. The molecule has 1 aromatic heterocycles. The zero-order valence-electron chi connectivity index (χ0n) is 31.1. The van der Waals surface area contributed by atoms with Crippen LogP contribution in [0.3, 0.4) is 0 Å². The molecular formula is C47H48N4OS. The van der Waals surface area contributed by atoms with Gasteiger partial charge in [-0.05, 0) is 94.3 Å². The van der Waals surface area contributed by atoms with Crippen LogP contribution in [0, 0.1) is 23.7 Å². The summed E-state index contributed by atoms with van der Waals surface area (Å²) in [5.74, 6) is -0.742. The highest BCUT2D eigenvalue weighted by molar-refractivity contribution is 7.00. The van der Waals surface area contributed by atoms with Gasteiger partial charge in [-0.25, -0.2) is 0 Å². The second-order valence-electron chi connectivity index (χ2n) is 14.0. The minimum atomic E-state index is -0.742. The van der Waals surface area contributed by atoms with Gasteiger partial charge >= 0.3 is 0 Å². The van der Waals surface area contributed by atoms with Gasteiger partial charge in [0.25, 0.3) is 0 Å². The minimum absolute atomic E-state index is 0.0823. The molecule has 6 heteroatoms. The Bertz CT molecular complexity index is 2160. The Balaban J connectivity index is 1.45. The van der Waals surface area contributed by atoms with Crippen LogP contribution < -0.4 is 0 Å². The maximum atomic E-state index is 9.52. The minimum Gasteiger partial charge on any atom is -0.493 e. The summed E-state index contributed by atoms with van der Waals surface area (Å²) in [6.45, 7) is 6.70. The molecule has 0 aliphatic carbocycles. The molecule has 0 atom stereocenters. The van der Waals surface area contributed by atoms with E-state index in [9.17, 15) is 10.4 Å². The zero-order chi connectivity index (χ0) is 37.2. The Labute approximate surface area is 318 Å². The van der Waals surface area contributed by atoms with Crippen LogP contribution in [0.2, 0.25) is 0 Å². The van der Waals surface area contributed by atoms with Gasteiger partial charge in [0.2, 0.25) is 5.90 Å². The Morgan fingerprint density at radius 1 is 0.660 bits per heavy atom. The van der Waals surface area contributed by atoms with Crippen molar-refractivity contribution in [3.8, 4) is 50.6 Å². The Morgan fingerprint density at radius 2 is 1.13 bits per heavy atom. The van der Waals surface area contributed by atoms with Crippen LogP contribution >= 0.6 is 11.7 Å². The maximum absolute atomic E-state index is 9.52. The molecule has 0 saturated carbocycles. The first kappa shape index (κ1) is 37.4. The van der Waals surface area contributed by atoms with Crippen LogP contribution in [0.25, 0.3) is 61.6 Å². The summed E-state index contributed by atoms with van der Waals surface area (Å²) in [6, 6.07) is 36.9. The second-order valence-corrected chi connectivity index (χ2v) is 14.5. The predicted molar refractivity (Wildman–Crippen MR) is 224 cm³/mol. The van der Waals surface area contributed by atoms with Crippen molar-refractivity contribution in [1.82, 2.24) is 8.75 Å². The summed E-state index contributed by atoms with van der Waals surface area (Å²) in [5.41, 5.74) is 15.2. The summed E-state index contributed by atoms with van der Waals surface area (Å²) < 4.78 is 9.75. The van der Waals surface area contributed by atoms with Crippen molar-refractivity contribution in [3.63, 3.8) is 0 Å². The molecule has 0 bridgehead atoms. The number of aliphatic hydroxyl groups excluding tert-OH is 1. The number of fused-ring (bicyclic) bond motifs is 1. The fraction of sp³-hybridized carbons (Fsp3) is 0.277. The van der Waals surface area contributed by atoms with E-state index in [1.165, 1.54) is 108 Å². The molecule has 0 aliphatic rings. The lowest BCUT2D eigenvalue weighted by atomic mass is 9.84. The molecule has 0 radical (unpaired) electrons. The van der Waals surface area contributed by atoms with Crippen LogP contribution in [0.15, 0.2) is 103 Å². The van der Waals surface area contributed by atoms with Gasteiger partial charge in [-0.2, -0.15) is 14.0 Å². The van der Waals surface area contributed by atoms with Gasteiger partial charge in [-0.1, -0.05) is 149 Å². The molecule has 5 aromatic carbocycles. The number of unbranched alkanes of at least 4 members (excludes halogenated alkanes) is 6. The molecule has 0 fully saturated rings. The lowest BCUT2D eigenvalue weighted by Crippen LogP contribution is -1.96. The van der Waals surface area contributed by atoms with Crippen molar-refractivity contribution >= 4 is 34.7 Å². The summed E-state index contributed by atoms with van der Waals surface area (Å²) in [7, 11) is 0. The van der Waals surface area contributed by atoms with Gasteiger partial charge in [0, 0.05) is 11.1 Å². The van der Waals surface area contributed by atoms with Gasteiger partial charge in [0.05, 0.1) is 11.7 Å². The third-order valence-electron chi connectivity index (χ3n) is 10.0. The van der Waals surface area contributed by atoms with E-state index >= 15 is 0 Å². The Morgan fingerprint density at radius 3 is 1.62 bits per heavy atom. The molecule has 0 unspecified atom stereocenters. The average molecular weight is 717 g/mol. The average Bonchev–Trinajstić information content (AvgIpc) is 3.68. The largest absolute Gasteiger partial charge is 0.493 e. The van der Waals surface area contributed by atoms with Crippen LogP contribution in [0.5, 0.6) is 0 Å². The van der Waals surface area contributed by atoms with Crippen LogP contribution in [0.1, 0.15) is 87.5 Å². The zero-order valence-corrected chi connectivity index (χ0v) is 31.9. The summed E-state index contributed by atoms with van der Waals surface area (Å²) in [6.07, 6.45) is 13.8. The summed E-state index contributed by atoms with van der Waals surface area (Å²) in [4.78, 5) is 0. The second kappa shape index (κ2) is 17.9. The third kappa shape index (κ3) is 8.99. The monoisotopic (exact) mass is 716 g/mol. The molecule has 0 amide bonds. The number of benzene rings is 5. The smallest absolute Gasteiger partial charge is 0.221 e. The molecule has 1 heterocycles. The molecule has 0 aliphatic heterocycles. The van der Waals surface area contributed by atoms with Crippen LogP contribution in [-0.4, -0.2) is 19.8 Å². The predicted octanol–water partition coefficient (Wildman–Crippen LogP) is 13.4. The van der Waals surface area contributed by atoms with E-state index in [1.807, 2.05) is 30.3 Å². The van der Waals surface area contributed by atoms with E-state index in [-0.39, 0.29) is 5.57 Å². The normalized spacial score (nSPS) is 11.5. The maximum Gasteiger partial charge on any atom is 0.221 e. The fourth-order valence-corrected chi connectivity index (χ4v) is 7.70. The van der Waals surface area contributed by atoms with Crippen molar-refractivity contribution < 1.29 is 5.11 Å². The molecule has 6 aromatic rings. The van der Waals surface area contributed by atoms with Crippen molar-refractivity contribution in [1.29, 1.82) is 10.7 Å². The number of aromatic nitrogens is 2. The number of nitriles is 1. The quantitative estimate of drug-likeness (QED) is 0.0451. The van der Waals surface area contributed by atoms with Gasteiger partial charge in [-0.3, -0.25) is 5.41 Å².